The smallest absolute Gasteiger partial charge is 0.138 e. The lowest BCUT2D eigenvalue weighted by molar-refractivity contribution is 0.740. The van der Waals surface area contributed by atoms with Crippen LogP contribution < -0.4 is 10.9 Å². The Hall–Kier alpha value is -3.18. The number of rotatable bonds is 1. The van der Waals surface area contributed by atoms with E-state index in [1.165, 1.54) is 0 Å². The number of H-pyrrole nitrogens is 1. The summed E-state index contributed by atoms with van der Waals surface area (Å²) in [5.74, 6) is 6.61. The molecular formula is C19H15N5. The number of pyridine rings is 2. The highest BCUT2D eigenvalue weighted by Gasteiger charge is 2.30. The third kappa shape index (κ3) is 1.73. The predicted octanol–water partition coefficient (Wildman–Crippen LogP) is 3.41. The molecule has 1 aromatic carbocycles. The molecule has 0 radical (unpaired) electrons. The summed E-state index contributed by atoms with van der Waals surface area (Å²) >= 11 is 0. The average Bonchev–Trinajstić information content (AvgIpc) is 3.02. The molecule has 4 aromatic rings. The number of aromatic nitrogens is 3. The number of benzene rings is 1. The van der Waals surface area contributed by atoms with Crippen molar-refractivity contribution in [2.45, 2.75) is 6.04 Å². The van der Waals surface area contributed by atoms with Gasteiger partial charge in [0, 0.05) is 41.3 Å². The highest BCUT2D eigenvalue weighted by molar-refractivity contribution is 6.01. The quantitative estimate of drug-likeness (QED) is 0.528. The minimum Gasteiger partial charge on any atom is -0.346 e. The van der Waals surface area contributed by atoms with Gasteiger partial charge in [-0.25, -0.2) is 10.8 Å². The molecule has 3 N–H and O–H groups in total. The fraction of sp³-hybridized carbons (Fsp3) is 0.0526. The Kier molecular flexibility index (Phi) is 2.72. The first-order valence-corrected chi connectivity index (χ1v) is 7.84. The standard InChI is InChI=1S/C19H15N5/c20-24-16-6-2-1-5-13(16)14-7-9-22-19-17(14)15(11-23-19)18(24)12-4-3-8-21-10-12/h1-11,18H,20H2,(H,22,23). The molecule has 1 unspecified atom stereocenters. The highest BCUT2D eigenvalue weighted by atomic mass is 15.4. The van der Waals surface area contributed by atoms with Crippen molar-refractivity contribution in [3.05, 3.63) is 78.4 Å². The lowest BCUT2D eigenvalue weighted by atomic mass is 9.98. The Morgan fingerprint density at radius 2 is 1.92 bits per heavy atom. The van der Waals surface area contributed by atoms with Crippen LogP contribution in [0.15, 0.2) is 67.3 Å². The molecule has 0 bridgehead atoms. The van der Waals surface area contributed by atoms with E-state index in [0.717, 1.165) is 39.0 Å². The largest absolute Gasteiger partial charge is 0.346 e. The van der Waals surface area contributed by atoms with Crippen LogP contribution >= 0.6 is 0 Å². The van der Waals surface area contributed by atoms with Gasteiger partial charge in [0.25, 0.3) is 0 Å². The molecular weight excluding hydrogens is 298 g/mol. The summed E-state index contributed by atoms with van der Waals surface area (Å²) in [5, 5.41) is 2.95. The second-order valence-electron chi connectivity index (χ2n) is 5.94. The summed E-state index contributed by atoms with van der Waals surface area (Å²) in [5.41, 5.74) is 6.29. The first kappa shape index (κ1) is 13.3. The second-order valence-corrected chi connectivity index (χ2v) is 5.94. The molecule has 1 aliphatic rings. The Labute approximate surface area is 138 Å². The van der Waals surface area contributed by atoms with Crippen LogP contribution in [0.1, 0.15) is 17.2 Å². The van der Waals surface area contributed by atoms with Gasteiger partial charge in [-0.15, -0.1) is 0 Å². The maximum atomic E-state index is 6.61. The van der Waals surface area contributed by atoms with Crippen LogP contribution in [0.5, 0.6) is 0 Å². The first-order valence-electron chi connectivity index (χ1n) is 7.84. The number of hydrogen-bond acceptors (Lipinski definition) is 4. The van der Waals surface area contributed by atoms with E-state index in [1.54, 1.807) is 6.20 Å². The number of nitrogens with zero attached hydrogens (tertiary/aromatic N) is 3. The number of para-hydroxylation sites is 1. The SMILES string of the molecule is NN1c2ccccc2-c2ccnc3[nH]cc(c23)C1c1cccnc1. The molecule has 0 saturated carbocycles. The van der Waals surface area contributed by atoms with Gasteiger partial charge in [-0.3, -0.25) is 9.99 Å². The summed E-state index contributed by atoms with van der Waals surface area (Å²) in [6.07, 6.45) is 7.48. The van der Waals surface area contributed by atoms with Crippen molar-refractivity contribution in [1.29, 1.82) is 0 Å². The Morgan fingerprint density at radius 1 is 1.00 bits per heavy atom. The topological polar surface area (TPSA) is 70.8 Å². The molecule has 5 rings (SSSR count). The summed E-state index contributed by atoms with van der Waals surface area (Å²) < 4.78 is 0. The molecule has 0 amide bonds. The zero-order valence-corrected chi connectivity index (χ0v) is 12.8. The maximum absolute atomic E-state index is 6.61. The van der Waals surface area contributed by atoms with Gasteiger partial charge in [0.15, 0.2) is 0 Å². The van der Waals surface area contributed by atoms with Crippen LogP contribution in [0.3, 0.4) is 0 Å². The van der Waals surface area contributed by atoms with Crippen molar-refractivity contribution >= 4 is 16.7 Å². The van der Waals surface area contributed by atoms with E-state index in [0.29, 0.717) is 0 Å². The summed E-state index contributed by atoms with van der Waals surface area (Å²) in [6, 6.07) is 14.1. The van der Waals surface area contributed by atoms with Gasteiger partial charge in [-0.2, -0.15) is 0 Å². The zero-order valence-electron chi connectivity index (χ0n) is 12.8. The number of fused-ring (bicyclic) bond motifs is 2. The van der Waals surface area contributed by atoms with Gasteiger partial charge in [-0.05, 0) is 29.3 Å². The summed E-state index contributed by atoms with van der Waals surface area (Å²) in [7, 11) is 0. The van der Waals surface area contributed by atoms with Gasteiger partial charge >= 0.3 is 0 Å². The molecule has 0 spiro atoms. The van der Waals surface area contributed by atoms with Crippen LogP contribution in [-0.2, 0) is 0 Å². The van der Waals surface area contributed by atoms with Gasteiger partial charge in [0.1, 0.15) is 5.65 Å². The number of hydrazine groups is 1. The van der Waals surface area contributed by atoms with E-state index in [2.05, 4.69) is 39.2 Å². The van der Waals surface area contributed by atoms with E-state index in [9.17, 15) is 0 Å². The lowest BCUT2D eigenvalue weighted by Crippen LogP contribution is -2.35. The summed E-state index contributed by atoms with van der Waals surface area (Å²) in [6.45, 7) is 0. The molecule has 4 heterocycles. The Balaban J connectivity index is 1.91. The molecule has 5 nitrogen and oxygen atoms in total. The predicted molar refractivity (Wildman–Crippen MR) is 94.3 cm³/mol. The van der Waals surface area contributed by atoms with Crippen molar-refractivity contribution in [2.75, 3.05) is 5.01 Å². The van der Waals surface area contributed by atoms with Gasteiger partial charge in [0.05, 0.1) is 11.7 Å². The van der Waals surface area contributed by atoms with E-state index < -0.39 is 0 Å². The molecule has 116 valence electrons. The van der Waals surface area contributed by atoms with E-state index in [4.69, 9.17) is 5.84 Å². The van der Waals surface area contributed by atoms with Gasteiger partial charge in [0.2, 0.25) is 0 Å². The van der Waals surface area contributed by atoms with Crippen molar-refractivity contribution < 1.29 is 0 Å². The number of nitrogens with two attached hydrogens (primary N) is 1. The van der Waals surface area contributed by atoms with Crippen molar-refractivity contribution in [2.24, 2.45) is 5.84 Å². The van der Waals surface area contributed by atoms with Crippen molar-refractivity contribution in [3.8, 4) is 11.1 Å². The van der Waals surface area contributed by atoms with E-state index in [-0.39, 0.29) is 6.04 Å². The number of aromatic amines is 1. The van der Waals surface area contributed by atoms with E-state index in [1.807, 2.05) is 41.8 Å². The van der Waals surface area contributed by atoms with Crippen LogP contribution in [0.25, 0.3) is 22.2 Å². The third-order valence-electron chi connectivity index (χ3n) is 4.65. The zero-order chi connectivity index (χ0) is 16.1. The Bertz CT molecular complexity index is 1040. The highest BCUT2D eigenvalue weighted by Crippen LogP contribution is 2.45. The fourth-order valence-electron chi connectivity index (χ4n) is 3.62. The summed E-state index contributed by atoms with van der Waals surface area (Å²) in [4.78, 5) is 12.0. The van der Waals surface area contributed by atoms with Crippen molar-refractivity contribution in [1.82, 2.24) is 15.0 Å². The molecule has 3 aromatic heterocycles. The second kappa shape index (κ2) is 4.91. The van der Waals surface area contributed by atoms with Gasteiger partial charge < -0.3 is 4.98 Å². The lowest BCUT2D eigenvalue weighted by Gasteiger charge is -2.29. The minimum atomic E-state index is -0.126. The third-order valence-corrected chi connectivity index (χ3v) is 4.65. The van der Waals surface area contributed by atoms with Crippen LogP contribution in [-0.4, -0.2) is 15.0 Å². The number of hydrogen-bond donors (Lipinski definition) is 2. The molecule has 24 heavy (non-hydrogen) atoms. The Morgan fingerprint density at radius 3 is 2.79 bits per heavy atom. The number of nitrogens with one attached hydrogen (secondary N) is 1. The number of anilines is 1. The van der Waals surface area contributed by atoms with Crippen molar-refractivity contribution in [3.63, 3.8) is 0 Å². The normalized spacial score (nSPS) is 16.0. The molecule has 5 heteroatoms. The van der Waals surface area contributed by atoms with Crippen LogP contribution in [0.2, 0.25) is 0 Å². The monoisotopic (exact) mass is 313 g/mol. The van der Waals surface area contributed by atoms with E-state index >= 15 is 0 Å². The molecule has 0 saturated heterocycles. The molecule has 1 aliphatic heterocycles. The average molecular weight is 313 g/mol. The molecule has 0 fully saturated rings. The van der Waals surface area contributed by atoms with Gasteiger partial charge in [-0.1, -0.05) is 24.3 Å². The maximum Gasteiger partial charge on any atom is 0.138 e. The molecule has 0 aliphatic carbocycles. The minimum absolute atomic E-state index is 0.126. The van der Waals surface area contributed by atoms with Crippen LogP contribution in [0, 0.1) is 0 Å². The fourth-order valence-corrected chi connectivity index (χ4v) is 3.62. The molecule has 1 atom stereocenters. The van der Waals surface area contributed by atoms with Crippen LogP contribution in [0.4, 0.5) is 5.69 Å². The first-order chi connectivity index (χ1) is 11.8.